The van der Waals surface area contributed by atoms with Gasteiger partial charge in [0.25, 0.3) is 0 Å². The first kappa shape index (κ1) is 11.7. The van der Waals surface area contributed by atoms with Crippen molar-refractivity contribution in [3.63, 3.8) is 0 Å². The van der Waals surface area contributed by atoms with Crippen LogP contribution in [0.3, 0.4) is 0 Å². The van der Waals surface area contributed by atoms with Crippen molar-refractivity contribution < 1.29 is 15.0 Å². The van der Waals surface area contributed by atoms with Gasteiger partial charge in [0, 0.05) is 6.04 Å². The van der Waals surface area contributed by atoms with Crippen LogP contribution >= 0.6 is 12.4 Å². The normalized spacial score (nSPS) is 35.3. The van der Waals surface area contributed by atoms with Gasteiger partial charge in [-0.15, -0.1) is 12.4 Å². The van der Waals surface area contributed by atoms with Crippen LogP contribution in [-0.2, 0) is 4.79 Å². The molecule has 0 aromatic heterocycles. The first-order valence-corrected chi connectivity index (χ1v) is 3.76. The molecule has 0 bridgehead atoms. The topological polar surface area (TPSA) is 83.5 Å². The van der Waals surface area contributed by atoms with E-state index in [-0.39, 0.29) is 31.3 Å². The second-order valence-electron chi connectivity index (χ2n) is 3.17. The molecular formula is C7H14ClNO3. The van der Waals surface area contributed by atoms with Crippen molar-refractivity contribution in [2.45, 2.75) is 37.3 Å². The van der Waals surface area contributed by atoms with Gasteiger partial charge in [-0.3, -0.25) is 0 Å². The summed E-state index contributed by atoms with van der Waals surface area (Å²) in [4.78, 5) is 10.5. The van der Waals surface area contributed by atoms with Crippen LogP contribution in [0.15, 0.2) is 0 Å². The maximum Gasteiger partial charge on any atom is 0.335 e. The maximum atomic E-state index is 10.5. The molecule has 0 atom stereocenters. The quantitative estimate of drug-likeness (QED) is 0.555. The van der Waals surface area contributed by atoms with Gasteiger partial charge in [-0.25, -0.2) is 4.79 Å². The standard InChI is InChI=1S/C7H13NO3.ClH/c8-5-1-3-7(11,4-2-5)6(9)10;/h5,11H,1-4,8H2,(H,9,10);1H. The van der Waals surface area contributed by atoms with Crippen LogP contribution in [0.4, 0.5) is 0 Å². The molecule has 0 aromatic carbocycles. The predicted octanol–water partition coefficient (Wildman–Crippen LogP) is 0.125. The first-order chi connectivity index (χ1) is 5.04. The zero-order chi connectivity index (χ0) is 8.48. The van der Waals surface area contributed by atoms with Gasteiger partial charge in [0.2, 0.25) is 0 Å². The Kier molecular flexibility index (Phi) is 3.96. The molecule has 0 spiro atoms. The highest BCUT2D eigenvalue weighted by atomic mass is 35.5. The summed E-state index contributed by atoms with van der Waals surface area (Å²) in [5.41, 5.74) is 4.05. The molecule has 1 fully saturated rings. The highest BCUT2D eigenvalue weighted by Crippen LogP contribution is 2.27. The highest BCUT2D eigenvalue weighted by molar-refractivity contribution is 5.85. The minimum absolute atomic E-state index is 0. The summed E-state index contributed by atoms with van der Waals surface area (Å²) >= 11 is 0. The van der Waals surface area contributed by atoms with Crippen molar-refractivity contribution in [2.24, 2.45) is 5.73 Å². The zero-order valence-electron chi connectivity index (χ0n) is 6.69. The molecule has 0 amide bonds. The molecule has 1 saturated carbocycles. The van der Waals surface area contributed by atoms with Gasteiger partial charge in [-0.2, -0.15) is 0 Å². The Labute approximate surface area is 77.2 Å². The third-order valence-corrected chi connectivity index (χ3v) is 2.26. The van der Waals surface area contributed by atoms with Gasteiger partial charge in [-0.1, -0.05) is 0 Å². The van der Waals surface area contributed by atoms with Gasteiger partial charge in [0.1, 0.15) is 0 Å². The second-order valence-corrected chi connectivity index (χ2v) is 3.17. The van der Waals surface area contributed by atoms with E-state index in [2.05, 4.69) is 0 Å². The van der Waals surface area contributed by atoms with E-state index in [1.54, 1.807) is 0 Å². The van der Waals surface area contributed by atoms with Crippen LogP contribution < -0.4 is 5.73 Å². The monoisotopic (exact) mass is 195 g/mol. The number of hydrogen-bond acceptors (Lipinski definition) is 3. The lowest BCUT2D eigenvalue weighted by molar-refractivity contribution is -0.162. The largest absolute Gasteiger partial charge is 0.479 e. The van der Waals surface area contributed by atoms with Crippen molar-refractivity contribution in [3.8, 4) is 0 Å². The van der Waals surface area contributed by atoms with Crippen LogP contribution in [0, 0.1) is 0 Å². The third-order valence-electron chi connectivity index (χ3n) is 2.26. The Morgan fingerprint density at radius 2 is 1.83 bits per heavy atom. The third kappa shape index (κ3) is 2.33. The first-order valence-electron chi connectivity index (χ1n) is 3.76. The summed E-state index contributed by atoms with van der Waals surface area (Å²) < 4.78 is 0. The van der Waals surface area contributed by atoms with Crippen LogP contribution in [0.5, 0.6) is 0 Å². The van der Waals surface area contributed by atoms with Crippen LogP contribution in [-0.4, -0.2) is 27.8 Å². The lowest BCUT2D eigenvalue weighted by atomic mass is 9.83. The molecule has 4 N–H and O–H groups in total. The summed E-state index contributed by atoms with van der Waals surface area (Å²) in [7, 11) is 0. The molecule has 0 unspecified atom stereocenters. The molecule has 0 aliphatic heterocycles. The van der Waals surface area contributed by atoms with E-state index in [0.717, 1.165) is 0 Å². The van der Waals surface area contributed by atoms with Crippen LogP contribution in [0.1, 0.15) is 25.7 Å². The van der Waals surface area contributed by atoms with E-state index in [4.69, 9.17) is 10.8 Å². The Morgan fingerprint density at radius 1 is 1.42 bits per heavy atom. The van der Waals surface area contributed by atoms with Crippen molar-refractivity contribution in [3.05, 3.63) is 0 Å². The number of carbonyl (C=O) groups is 1. The van der Waals surface area contributed by atoms with E-state index in [1.165, 1.54) is 0 Å². The summed E-state index contributed by atoms with van der Waals surface area (Å²) in [6, 6.07) is 0.0645. The molecule has 12 heavy (non-hydrogen) atoms. The Bertz CT molecular complexity index is 166. The van der Waals surface area contributed by atoms with E-state index < -0.39 is 11.6 Å². The molecule has 0 saturated heterocycles. The minimum Gasteiger partial charge on any atom is -0.479 e. The molecule has 0 aromatic rings. The SMILES string of the molecule is Cl.NC1CCC(O)(C(=O)O)CC1. The van der Waals surface area contributed by atoms with Gasteiger partial charge in [-0.05, 0) is 25.7 Å². The van der Waals surface area contributed by atoms with Crippen molar-refractivity contribution >= 4 is 18.4 Å². The summed E-state index contributed by atoms with van der Waals surface area (Å²) in [6.07, 6.45) is 1.76. The molecule has 5 heteroatoms. The fourth-order valence-electron chi connectivity index (χ4n) is 1.33. The Hall–Kier alpha value is -0.320. The number of halogens is 1. The van der Waals surface area contributed by atoms with E-state index >= 15 is 0 Å². The maximum absolute atomic E-state index is 10.5. The minimum atomic E-state index is -1.50. The molecule has 1 aliphatic rings. The van der Waals surface area contributed by atoms with Crippen LogP contribution in [0.2, 0.25) is 0 Å². The van der Waals surface area contributed by atoms with Gasteiger partial charge in [0.15, 0.2) is 5.60 Å². The van der Waals surface area contributed by atoms with Gasteiger partial charge in [0.05, 0.1) is 0 Å². The van der Waals surface area contributed by atoms with Crippen LogP contribution in [0.25, 0.3) is 0 Å². The van der Waals surface area contributed by atoms with Crippen molar-refractivity contribution in [1.82, 2.24) is 0 Å². The number of hydrogen-bond donors (Lipinski definition) is 3. The molecule has 1 rings (SSSR count). The fourth-order valence-corrected chi connectivity index (χ4v) is 1.33. The number of carboxylic acid groups (broad SMARTS) is 1. The fraction of sp³-hybridized carbons (Fsp3) is 0.857. The van der Waals surface area contributed by atoms with E-state index in [1.807, 2.05) is 0 Å². The summed E-state index contributed by atoms with van der Waals surface area (Å²) in [5, 5.41) is 18.0. The molecule has 0 radical (unpaired) electrons. The number of nitrogens with two attached hydrogens (primary N) is 1. The van der Waals surface area contributed by atoms with Gasteiger partial charge >= 0.3 is 5.97 Å². The zero-order valence-corrected chi connectivity index (χ0v) is 7.51. The van der Waals surface area contributed by atoms with Crippen molar-refractivity contribution in [1.29, 1.82) is 0 Å². The lowest BCUT2D eigenvalue weighted by Crippen LogP contribution is -2.44. The average molecular weight is 196 g/mol. The number of rotatable bonds is 1. The summed E-state index contributed by atoms with van der Waals surface area (Å²) in [6.45, 7) is 0. The van der Waals surface area contributed by atoms with Crippen molar-refractivity contribution in [2.75, 3.05) is 0 Å². The predicted molar refractivity (Wildman–Crippen MR) is 46.3 cm³/mol. The summed E-state index contributed by atoms with van der Waals surface area (Å²) in [5.74, 6) is -1.12. The lowest BCUT2D eigenvalue weighted by Gasteiger charge is -2.30. The van der Waals surface area contributed by atoms with Gasteiger partial charge < -0.3 is 15.9 Å². The molecule has 1 aliphatic carbocycles. The molecular weight excluding hydrogens is 182 g/mol. The second kappa shape index (κ2) is 4.07. The average Bonchev–Trinajstić information content (AvgIpc) is 1.95. The highest BCUT2D eigenvalue weighted by Gasteiger charge is 2.38. The number of aliphatic carboxylic acids is 1. The van der Waals surface area contributed by atoms with E-state index in [9.17, 15) is 9.90 Å². The molecule has 0 heterocycles. The Morgan fingerprint density at radius 3 is 2.17 bits per heavy atom. The Balaban J connectivity index is 0.00000121. The van der Waals surface area contributed by atoms with E-state index in [0.29, 0.717) is 12.8 Å². The number of carboxylic acids is 1. The smallest absolute Gasteiger partial charge is 0.335 e. The number of aliphatic hydroxyl groups is 1. The molecule has 72 valence electrons. The molecule has 4 nitrogen and oxygen atoms in total.